The smallest absolute Gasteiger partial charge is 0.152 e. The van der Waals surface area contributed by atoms with Crippen molar-refractivity contribution >= 4 is 19.5 Å². The quantitative estimate of drug-likeness (QED) is 0.545. The van der Waals surface area contributed by atoms with Crippen molar-refractivity contribution in [1.29, 1.82) is 0 Å². The maximum atomic E-state index is 13.6. The van der Waals surface area contributed by atoms with Gasteiger partial charge in [0.15, 0.2) is 6.29 Å². The van der Waals surface area contributed by atoms with Crippen LogP contribution < -0.4 is 5.19 Å². The predicted octanol–water partition coefficient (Wildman–Crippen LogP) is 2.32. The zero-order chi connectivity index (χ0) is 10.9. The van der Waals surface area contributed by atoms with Crippen LogP contribution in [0.3, 0.4) is 0 Å². The number of aldehydes is 1. The van der Waals surface area contributed by atoms with Crippen LogP contribution >= 0.6 is 0 Å². The van der Waals surface area contributed by atoms with Crippen molar-refractivity contribution < 1.29 is 13.6 Å². The summed E-state index contributed by atoms with van der Waals surface area (Å²) in [4.78, 5) is 10.5. The van der Waals surface area contributed by atoms with Crippen molar-refractivity contribution in [2.24, 2.45) is 0 Å². The van der Waals surface area contributed by atoms with Crippen LogP contribution in [0.1, 0.15) is 10.4 Å². The first-order chi connectivity index (χ1) is 6.38. The molecule has 14 heavy (non-hydrogen) atoms. The SMILES string of the molecule is C[Si](C)(C)c1c(F)ccc(C=O)c1F. The molecule has 0 spiro atoms. The summed E-state index contributed by atoms with van der Waals surface area (Å²) in [7, 11) is -2.08. The standard InChI is InChI=1S/C10H12F2OSi/c1-14(2,3)10-8(11)5-4-7(6-13)9(10)12/h4-6H,1-3H3. The van der Waals surface area contributed by atoms with Gasteiger partial charge in [0.2, 0.25) is 0 Å². The Kier molecular flexibility index (Phi) is 2.85. The number of carbonyl (C=O) groups is 1. The Morgan fingerprint density at radius 3 is 2.21 bits per heavy atom. The topological polar surface area (TPSA) is 17.1 Å². The Balaban J connectivity index is 3.48. The normalized spacial score (nSPS) is 11.5. The first-order valence-corrected chi connectivity index (χ1v) is 7.81. The Morgan fingerprint density at radius 1 is 1.21 bits per heavy atom. The van der Waals surface area contributed by atoms with Crippen molar-refractivity contribution in [2.75, 3.05) is 0 Å². The summed E-state index contributed by atoms with van der Waals surface area (Å²) in [6.07, 6.45) is 0.415. The van der Waals surface area contributed by atoms with Gasteiger partial charge in [-0.15, -0.1) is 0 Å². The van der Waals surface area contributed by atoms with Gasteiger partial charge in [-0.1, -0.05) is 19.6 Å². The lowest BCUT2D eigenvalue weighted by atomic mass is 10.2. The predicted molar refractivity (Wildman–Crippen MR) is 54.7 cm³/mol. The summed E-state index contributed by atoms with van der Waals surface area (Å²) >= 11 is 0. The van der Waals surface area contributed by atoms with Gasteiger partial charge in [-0.3, -0.25) is 4.79 Å². The van der Waals surface area contributed by atoms with E-state index in [4.69, 9.17) is 0 Å². The zero-order valence-electron chi connectivity index (χ0n) is 8.40. The molecule has 0 unspecified atom stereocenters. The van der Waals surface area contributed by atoms with Gasteiger partial charge in [-0.25, -0.2) is 8.78 Å². The van der Waals surface area contributed by atoms with Gasteiger partial charge in [-0.2, -0.15) is 0 Å². The third-order valence-electron chi connectivity index (χ3n) is 2.00. The molecule has 4 heteroatoms. The lowest BCUT2D eigenvalue weighted by Gasteiger charge is -2.18. The van der Waals surface area contributed by atoms with Gasteiger partial charge < -0.3 is 0 Å². The maximum absolute atomic E-state index is 13.6. The first kappa shape index (κ1) is 11.0. The Bertz CT molecular complexity index is 369. The van der Waals surface area contributed by atoms with E-state index in [-0.39, 0.29) is 10.8 Å². The van der Waals surface area contributed by atoms with Gasteiger partial charge >= 0.3 is 0 Å². The fraction of sp³-hybridized carbons (Fsp3) is 0.300. The molecule has 0 saturated carbocycles. The van der Waals surface area contributed by atoms with Gasteiger partial charge in [0.25, 0.3) is 0 Å². The highest BCUT2D eigenvalue weighted by molar-refractivity contribution is 6.88. The minimum atomic E-state index is -2.08. The highest BCUT2D eigenvalue weighted by Gasteiger charge is 2.26. The number of carbonyl (C=O) groups excluding carboxylic acids is 1. The molecular weight excluding hydrogens is 202 g/mol. The molecule has 1 aromatic rings. The van der Waals surface area contributed by atoms with Crippen molar-refractivity contribution in [2.45, 2.75) is 19.6 Å². The third-order valence-corrected chi connectivity index (χ3v) is 3.96. The summed E-state index contributed by atoms with van der Waals surface area (Å²) < 4.78 is 26.9. The Labute approximate surface area is 82.8 Å². The lowest BCUT2D eigenvalue weighted by molar-refractivity contribution is 0.112. The molecule has 0 saturated heterocycles. The summed E-state index contributed by atoms with van der Waals surface area (Å²) in [5, 5.41) is 0.0992. The molecule has 0 fully saturated rings. The molecule has 0 heterocycles. The highest BCUT2D eigenvalue weighted by Crippen LogP contribution is 2.12. The van der Waals surface area contributed by atoms with Crippen LogP contribution in [0.4, 0.5) is 8.78 Å². The molecule has 0 aromatic heterocycles. The number of hydrogen-bond donors (Lipinski definition) is 0. The molecule has 0 radical (unpaired) electrons. The average Bonchev–Trinajstić information content (AvgIpc) is 2.02. The van der Waals surface area contributed by atoms with Crippen molar-refractivity contribution in [1.82, 2.24) is 0 Å². The molecule has 0 amide bonds. The molecule has 0 atom stereocenters. The van der Waals surface area contributed by atoms with Crippen LogP contribution in [-0.2, 0) is 0 Å². The van der Waals surface area contributed by atoms with Crippen LogP contribution in [0.5, 0.6) is 0 Å². The second-order valence-corrected chi connectivity index (χ2v) is 9.19. The monoisotopic (exact) mass is 214 g/mol. The van der Waals surface area contributed by atoms with Crippen molar-refractivity contribution in [3.05, 3.63) is 29.3 Å². The molecule has 76 valence electrons. The molecular formula is C10H12F2OSi. The minimum absolute atomic E-state index is 0.0659. The molecule has 1 aromatic carbocycles. The summed E-state index contributed by atoms with van der Waals surface area (Å²) in [6.45, 7) is 5.51. The molecule has 1 rings (SSSR count). The van der Waals surface area contributed by atoms with E-state index >= 15 is 0 Å². The van der Waals surface area contributed by atoms with E-state index in [1.165, 1.54) is 6.07 Å². The molecule has 0 bridgehead atoms. The number of rotatable bonds is 2. The number of benzene rings is 1. The number of halogens is 2. The third kappa shape index (κ3) is 1.90. The summed E-state index contributed by atoms with van der Waals surface area (Å²) in [5.74, 6) is -1.24. The largest absolute Gasteiger partial charge is 0.298 e. The van der Waals surface area contributed by atoms with Gasteiger partial charge in [0.1, 0.15) is 11.6 Å². The van der Waals surface area contributed by atoms with Crippen LogP contribution in [0.15, 0.2) is 12.1 Å². The van der Waals surface area contributed by atoms with E-state index in [9.17, 15) is 13.6 Å². The van der Waals surface area contributed by atoms with Crippen LogP contribution in [0, 0.1) is 11.6 Å². The fourth-order valence-corrected chi connectivity index (χ4v) is 2.95. The zero-order valence-corrected chi connectivity index (χ0v) is 9.40. The van der Waals surface area contributed by atoms with Crippen LogP contribution in [0.2, 0.25) is 19.6 Å². The molecule has 1 nitrogen and oxygen atoms in total. The van der Waals surface area contributed by atoms with Crippen LogP contribution in [-0.4, -0.2) is 14.4 Å². The molecule has 0 N–H and O–H groups in total. The van der Waals surface area contributed by atoms with E-state index in [2.05, 4.69) is 0 Å². The van der Waals surface area contributed by atoms with Crippen LogP contribution in [0.25, 0.3) is 0 Å². The Hall–Kier alpha value is -1.03. The minimum Gasteiger partial charge on any atom is -0.298 e. The second kappa shape index (κ2) is 3.61. The van der Waals surface area contributed by atoms with E-state index in [1.807, 2.05) is 19.6 Å². The lowest BCUT2D eigenvalue weighted by Crippen LogP contribution is -2.43. The highest BCUT2D eigenvalue weighted by atomic mass is 28.3. The first-order valence-electron chi connectivity index (χ1n) is 4.31. The van der Waals surface area contributed by atoms with E-state index < -0.39 is 19.7 Å². The second-order valence-electron chi connectivity index (χ2n) is 4.19. The summed E-state index contributed by atoms with van der Waals surface area (Å²) in [5.41, 5.74) is -0.0659. The van der Waals surface area contributed by atoms with E-state index in [0.717, 1.165) is 6.07 Å². The van der Waals surface area contributed by atoms with Crippen molar-refractivity contribution in [3.8, 4) is 0 Å². The molecule has 0 aliphatic carbocycles. The number of hydrogen-bond acceptors (Lipinski definition) is 1. The maximum Gasteiger partial charge on any atom is 0.152 e. The average molecular weight is 214 g/mol. The molecule has 0 aliphatic rings. The van der Waals surface area contributed by atoms with E-state index in [0.29, 0.717) is 6.29 Å². The summed E-state index contributed by atoms with van der Waals surface area (Å²) in [6, 6.07) is 2.32. The van der Waals surface area contributed by atoms with E-state index in [1.54, 1.807) is 0 Å². The van der Waals surface area contributed by atoms with Gasteiger partial charge in [0, 0.05) is 5.19 Å². The molecule has 0 aliphatic heterocycles. The Morgan fingerprint density at radius 2 is 1.79 bits per heavy atom. The van der Waals surface area contributed by atoms with Gasteiger partial charge in [0.05, 0.1) is 13.6 Å². The van der Waals surface area contributed by atoms with Crippen molar-refractivity contribution in [3.63, 3.8) is 0 Å². The van der Waals surface area contributed by atoms with Gasteiger partial charge in [-0.05, 0) is 12.1 Å². The fourth-order valence-electron chi connectivity index (χ4n) is 1.35.